The number of carbonyl (C=O) groups is 1. The number of amides is 1. The maximum Gasteiger partial charge on any atom is 0.258 e. The molecule has 0 fully saturated rings. The summed E-state index contributed by atoms with van der Waals surface area (Å²) in [6.07, 6.45) is 5.09. The van der Waals surface area contributed by atoms with Crippen LogP contribution in [-0.4, -0.2) is 24.6 Å². The zero-order chi connectivity index (χ0) is 15.9. The van der Waals surface area contributed by atoms with Gasteiger partial charge >= 0.3 is 0 Å². The van der Waals surface area contributed by atoms with Gasteiger partial charge in [0.25, 0.3) is 5.91 Å². The van der Waals surface area contributed by atoms with Crippen molar-refractivity contribution < 1.29 is 9.53 Å². The van der Waals surface area contributed by atoms with Crippen LogP contribution in [0.1, 0.15) is 26.3 Å². The van der Waals surface area contributed by atoms with E-state index < -0.39 is 0 Å². The van der Waals surface area contributed by atoms with Crippen LogP contribution in [0, 0.1) is 12.3 Å². The van der Waals surface area contributed by atoms with Gasteiger partial charge in [0.1, 0.15) is 5.75 Å². The third-order valence-electron chi connectivity index (χ3n) is 2.59. The summed E-state index contributed by atoms with van der Waals surface area (Å²) in [5.41, 5.74) is 0.994. The van der Waals surface area contributed by atoms with Crippen LogP contribution in [-0.2, 0) is 11.3 Å². The summed E-state index contributed by atoms with van der Waals surface area (Å²) in [4.78, 5) is 11.6. The largest absolute Gasteiger partial charge is 0.482 e. The van der Waals surface area contributed by atoms with Gasteiger partial charge in [0, 0.05) is 17.6 Å². The Morgan fingerprint density at radius 1 is 1.43 bits per heavy atom. The van der Waals surface area contributed by atoms with Gasteiger partial charge in [0.2, 0.25) is 0 Å². The van der Waals surface area contributed by atoms with Gasteiger partial charge in [-0.05, 0) is 42.8 Å². The Hall–Kier alpha value is -1.51. The Kier molecular flexibility index (Phi) is 6.73. The summed E-state index contributed by atoms with van der Waals surface area (Å²) < 4.78 is 6.44. The van der Waals surface area contributed by atoms with Crippen molar-refractivity contribution in [3.63, 3.8) is 0 Å². The highest BCUT2D eigenvalue weighted by atomic mass is 79.9. The quantitative estimate of drug-likeness (QED) is 0.773. The van der Waals surface area contributed by atoms with Crippen molar-refractivity contribution in [2.75, 3.05) is 13.2 Å². The second-order valence-electron chi connectivity index (χ2n) is 5.60. The normalized spacial score (nSPS) is 10.8. The molecule has 0 unspecified atom stereocenters. The van der Waals surface area contributed by atoms with E-state index in [0.29, 0.717) is 12.3 Å². The van der Waals surface area contributed by atoms with Crippen molar-refractivity contribution in [3.8, 4) is 18.1 Å². The number of benzene rings is 1. The Morgan fingerprint density at radius 2 is 2.14 bits per heavy atom. The summed E-state index contributed by atoms with van der Waals surface area (Å²) in [5, 5.41) is 5.97. The van der Waals surface area contributed by atoms with Crippen LogP contribution in [0.2, 0.25) is 0 Å². The molecule has 21 heavy (non-hydrogen) atoms. The van der Waals surface area contributed by atoms with Gasteiger partial charge in [0.15, 0.2) is 6.61 Å². The standard InChI is InChI=1S/C16H21BrN2O2/c1-5-9-18-14(20)11-21-15-12(7-6-8-13(15)17)10-19-16(2,3)4/h1,6-8,19H,9-11H2,2-4H3,(H,18,20). The van der Waals surface area contributed by atoms with E-state index in [0.717, 1.165) is 10.0 Å². The van der Waals surface area contributed by atoms with Crippen molar-refractivity contribution in [1.82, 2.24) is 10.6 Å². The van der Waals surface area contributed by atoms with Gasteiger partial charge in [-0.2, -0.15) is 0 Å². The van der Waals surface area contributed by atoms with Crippen LogP contribution in [0.5, 0.6) is 5.75 Å². The number of terminal acetylenes is 1. The Bertz CT molecular complexity index is 530. The van der Waals surface area contributed by atoms with Crippen molar-refractivity contribution in [2.24, 2.45) is 0 Å². The van der Waals surface area contributed by atoms with E-state index >= 15 is 0 Å². The molecule has 5 heteroatoms. The maximum absolute atomic E-state index is 11.6. The summed E-state index contributed by atoms with van der Waals surface area (Å²) in [6, 6.07) is 5.79. The summed E-state index contributed by atoms with van der Waals surface area (Å²) in [6.45, 7) is 7.09. The molecule has 0 saturated carbocycles. The van der Waals surface area contributed by atoms with Gasteiger partial charge in [-0.15, -0.1) is 6.42 Å². The first-order valence-corrected chi connectivity index (χ1v) is 7.48. The van der Waals surface area contributed by atoms with Crippen LogP contribution in [0.3, 0.4) is 0 Å². The maximum atomic E-state index is 11.6. The van der Waals surface area contributed by atoms with E-state index in [2.05, 4.69) is 53.3 Å². The van der Waals surface area contributed by atoms with Crippen molar-refractivity contribution in [1.29, 1.82) is 0 Å². The predicted molar refractivity (Wildman–Crippen MR) is 88.1 cm³/mol. The number of para-hydroxylation sites is 1. The second-order valence-corrected chi connectivity index (χ2v) is 6.46. The fourth-order valence-electron chi connectivity index (χ4n) is 1.55. The Balaban J connectivity index is 2.72. The lowest BCUT2D eigenvalue weighted by Gasteiger charge is -2.22. The smallest absolute Gasteiger partial charge is 0.258 e. The lowest BCUT2D eigenvalue weighted by atomic mass is 10.1. The first-order chi connectivity index (χ1) is 9.83. The molecule has 0 spiro atoms. The van der Waals surface area contributed by atoms with Crippen LogP contribution >= 0.6 is 15.9 Å². The monoisotopic (exact) mass is 352 g/mol. The highest BCUT2D eigenvalue weighted by molar-refractivity contribution is 9.10. The minimum absolute atomic E-state index is 0.00373. The topological polar surface area (TPSA) is 50.4 Å². The number of halogens is 1. The van der Waals surface area contributed by atoms with E-state index in [1.807, 2.05) is 18.2 Å². The molecule has 1 aromatic rings. The minimum atomic E-state index is -0.238. The van der Waals surface area contributed by atoms with Gasteiger partial charge < -0.3 is 15.4 Å². The number of rotatable bonds is 6. The van der Waals surface area contributed by atoms with E-state index in [9.17, 15) is 4.79 Å². The van der Waals surface area contributed by atoms with Gasteiger partial charge in [0.05, 0.1) is 11.0 Å². The van der Waals surface area contributed by atoms with E-state index in [1.165, 1.54) is 0 Å². The zero-order valence-corrected chi connectivity index (χ0v) is 14.2. The summed E-state index contributed by atoms with van der Waals surface area (Å²) in [7, 11) is 0. The predicted octanol–water partition coefficient (Wildman–Crippen LogP) is 2.47. The Morgan fingerprint density at radius 3 is 2.76 bits per heavy atom. The molecule has 4 nitrogen and oxygen atoms in total. The van der Waals surface area contributed by atoms with Crippen molar-refractivity contribution in [3.05, 3.63) is 28.2 Å². The van der Waals surface area contributed by atoms with Crippen LogP contribution < -0.4 is 15.4 Å². The number of hydrogen-bond acceptors (Lipinski definition) is 3. The molecular formula is C16H21BrN2O2. The van der Waals surface area contributed by atoms with Crippen molar-refractivity contribution >= 4 is 21.8 Å². The van der Waals surface area contributed by atoms with Crippen LogP contribution in [0.25, 0.3) is 0 Å². The molecule has 1 amide bonds. The lowest BCUT2D eigenvalue weighted by molar-refractivity contribution is -0.122. The highest BCUT2D eigenvalue weighted by Gasteiger charge is 2.13. The molecule has 1 rings (SSSR count). The highest BCUT2D eigenvalue weighted by Crippen LogP contribution is 2.29. The molecule has 0 aliphatic rings. The number of nitrogens with one attached hydrogen (secondary N) is 2. The molecule has 0 aliphatic carbocycles. The third-order valence-corrected chi connectivity index (χ3v) is 3.22. The average Bonchev–Trinajstić information content (AvgIpc) is 2.41. The van der Waals surface area contributed by atoms with Gasteiger partial charge in [-0.1, -0.05) is 18.1 Å². The van der Waals surface area contributed by atoms with E-state index in [-0.39, 0.29) is 24.6 Å². The SMILES string of the molecule is C#CCNC(=O)COc1c(Br)cccc1CNC(C)(C)C. The molecule has 0 aliphatic heterocycles. The second kappa shape index (κ2) is 8.06. The van der Waals surface area contributed by atoms with E-state index in [1.54, 1.807) is 0 Å². The molecule has 0 heterocycles. The molecule has 2 N–H and O–H groups in total. The molecule has 1 aromatic carbocycles. The Labute approximate surface area is 134 Å². The number of hydrogen-bond donors (Lipinski definition) is 2. The fraction of sp³-hybridized carbons (Fsp3) is 0.438. The minimum Gasteiger partial charge on any atom is -0.482 e. The lowest BCUT2D eigenvalue weighted by Crippen LogP contribution is -2.35. The average molecular weight is 353 g/mol. The molecule has 0 saturated heterocycles. The van der Waals surface area contributed by atoms with Crippen LogP contribution in [0.4, 0.5) is 0 Å². The molecule has 0 atom stereocenters. The molecular weight excluding hydrogens is 332 g/mol. The van der Waals surface area contributed by atoms with Crippen LogP contribution in [0.15, 0.2) is 22.7 Å². The van der Waals surface area contributed by atoms with Crippen molar-refractivity contribution in [2.45, 2.75) is 32.9 Å². The van der Waals surface area contributed by atoms with Gasteiger partial charge in [-0.3, -0.25) is 4.79 Å². The third kappa shape index (κ3) is 6.65. The molecule has 0 radical (unpaired) electrons. The number of carbonyl (C=O) groups excluding carboxylic acids is 1. The fourth-order valence-corrected chi connectivity index (χ4v) is 2.07. The first kappa shape index (κ1) is 17.5. The first-order valence-electron chi connectivity index (χ1n) is 6.69. The van der Waals surface area contributed by atoms with Gasteiger partial charge in [-0.25, -0.2) is 0 Å². The van der Waals surface area contributed by atoms with E-state index in [4.69, 9.17) is 11.2 Å². The zero-order valence-electron chi connectivity index (χ0n) is 12.6. The molecule has 0 bridgehead atoms. The molecule has 0 aromatic heterocycles. The summed E-state index contributed by atoms with van der Waals surface area (Å²) >= 11 is 3.45. The molecule has 114 valence electrons. The number of ether oxygens (including phenoxy) is 1. The summed E-state index contributed by atoms with van der Waals surface area (Å²) in [5.74, 6) is 2.78.